The molecular weight excluding hydrogens is 338 g/mol. The van der Waals surface area contributed by atoms with E-state index in [1.165, 1.54) is 0 Å². The van der Waals surface area contributed by atoms with E-state index < -0.39 is 5.41 Å². The van der Waals surface area contributed by atoms with Crippen LogP contribution in [0.4, 0.5) is 0 Å². The van der Waals surface area contributed by atoms with E-state index in [1.54, 1.807) is 12.1 Å². The van der Waals surface area contributed by atoms with Crippen molar-refractivity contribution in [2.45, 2.75) is 18.3 Å². The van der Waals surface area contributed by atoms with E-state index in [-0.39, 0.29) is 5.91 Å². The van der Waals surface area contributed by atoms with Gasteiger partial charge in [0.25, 0.3) is 0 Å². The highest BCUT2D eigenvalue weighted by Crippen LogP contribution is 2.35. The minimum absolute atomic E-state index is 0.0386. The van der Waals surface area contributed by atoms with Gasteiger partial charge in [0, 0.05) is 18.2 Å². The Labute approximate surface area is 153 Å². The Morgan fingerprint density at radius 1 is 1.12 bits per heavy atom. The predicted molar refractivity (Wildman–Crippen MR) is 98.1 cm³/mol. The molecule has 2 aromatic rings. The van der Waals surface area contributed by atoms with Crippen LogP contribution in [0.25, 0.3) is 0 Å². The minimum Gasteiger partial charge on any atom is -0.492 e. The second kappa shape index (κ2) is 8.37. The second-order valence-electron chi connectivity index (χ2n) is 6.12. The molecule has 0 aliphatic carbocycles. The number of benzene rings is 2. The summed E-state index contributed by atoms with van der Waals surface area (Å²) in [6, 6.07) is 17.2. The van der Waals surface area contributed by atoms with Crippen molar-refractivity contribution in [2.75, 3.05) is 26.4 Å². The molecule has 0 radical (unpaired) electrons. The fraction of sp³-hybridized carbons (Fsp3) is 0.350. The smallest absolute Gasteiger partial charge is 0.230 e. The lowest BCUT2D eigenvalue weighted by atomic mass is 9.73. The summed E-state index contributed by atoms with van der Waals surface area (Å²) in [6.07, 6.45) is 1.38. The third kappa shape index (κ3) is 4.33. The van der Waals surface area contributed by atoms with Crippen LogP contribution >= 0.6 is 11.6 Å². The zero-order chi connectivity index (χ0) is 17.5. The minimum atomic E-state index is -0.518. The van der Waals surface area contributed by atoms with Crippen molar-refractivity contribution in [1.29, 1.82) is 0 Å². The molecule has 3 rings (SSSR count). The number of hydrogen-bond acceptors (Lipinski definition) is 3. The van der Waals surface area contributed by atoms with Gasteiger partial charge in [-0.05, 0) is 36.6 Å². The molecule has 25 heavy (non-hydrogen) atoms. The molecule has 4 nitrogen and oxygen atoms in total. The van der Waals surface area contributed by atoms with Crippen molar-refractivity contribution in [2.24, 2.45) is 0 Å². The standard InChI is InChI=1S/C20H22ClNO3/c21-17-7-4-8-18(15-17)25-14-11-22-19(23)20(9-12-24-13-10-20)16-5-2-1-3-6-16/h1-8,15H,9-14H2,(H,22,23). The first-order valence-corrected chi connectivity index (χ1v) is 8.88. The Kier molecular flexibility index (Phi) is 5.95. The summed E-state index contributed by atoms with van der Waals surface area (Å²) in [5, 5.41) is 3.66. The first kappa shape index (κ1) is 17.8. The van der Waals surface area contributed by atoms with Crippen LogP contribution in [0.5, 0.6) is 5.75 Å². The lowest BCUT2D eigenvalue weighted by Crippen LogP contribution is -2.48. The van der Waals surface area contributed by atoms with E-state index in [4.69, 9.17) is 21.1 Å². The quantitative estimate of drug-likeness (QED) is 0.802. The van der Waals surface area contributed by atoms with Crippen molar-refractivity contribution in [3.8, 4) is 5.75 Å². The van der Waals surface area contributed by atoms with E-state index in [0.717, 1.165) is 5.56 Å². The zero-order valence-corrected chi connectivity index (χ0v) is 14.8. The number of hydrogen-bond donors (Lipinski definition) is 1. The molecule has 132 valence electrons. The van der Waals surface area contributed by atoms with Crippen molar-refractivity contribution in [3.63, 3.8) is 0 Å². The Bertz CT molecular complexity index is 699. The van der Waals surface area contributed by atoms with Crippen LogP contribution in [-0.2, 0) is 14.9 Å². The Balaban J connectivity index is 1.59. The molecule has 1 saturated heterocycles. The molecule has 1 N–H and O–H groups in total. The predicted octanol–water partition coefficient (Wildman–Crippen LogP) is 3.58. The Morgan fingerprint density at radius 3 is 2.60 bits per heavy atom. The van der Waals surface area contributed by atoms with Crippen LogP contribution in [0, 0.1) is 0 Å². The molecule has 0 unspecified atom stereocenters. The van der Waals surface area contributed by atoms with Crippen molar-refractivity contribution in [3.05, 3.63) is 65.2 Å². The van der Waals surface area contributed by atoms with Crippen molar-refractivity contribution in [1.82, 2.24) is 5.32 Å². The number of carbonyl (C=O) groups excluding carboxylic acids is 1. The van der Waals surface area contributed by atoms with Gasteiger partial charge < -0.3 is 14.8 Å². The summed E-state index contributed by atoms with van der Waals surface area (Å²) in [6.45, 7) is 2.04. The fourth-order valence-corrected chi connectivity index (χ4v) is 3.36. The van der Waals surface area contributed by atoms with Crippen LogP contribution < -0.4 is 10.1 Å². The van der Waals surface area contributed by atoms with Gasteiger partial charge in [-0.1, -0.05) is 48.0 Å². The molecule has 1 amide bonds. The molecule has 0 saturated carbocycles. The van der Waals surface area contributed by atoms with Gasteiger partial charge in [0.1, 0.15) is 12.4 Å². The van der Waals surface area contributed by atoms with Gasteiger partial charge in [-0.15, -0.1) is 0 Å². The van der Waals surface area contributed by atoms with E-state index in [1.807, 2.05) is 42.5 Å². The van der Waals surface area contributed by atoms with E-state index >= 15 is 0 Å². The van der Waals surface area contributed by atoms with Crippen LogP contribution in [0.2, 0.25) is 5.02 Å². The molecule has 1 heterocycles. The molecule has 1 aliphatic rings. The normalized spacial score (nSPS) is 16.2. The van der Waals surface area contributed by atoms with Crippen LogP contribution in [0.1, 0.15) is 18.4 Å². The molecule has 0 spiro atoms. The van der Waals surface area contributed by atoms with Crippen LogP contribution in [0.3, 0.4) is 0 Å². The van der Waals surface area contributed by atoms with Crippen molar-refractivity contribution < 1.29 is 14.3 Å². The molecule has 1 aliphatic heterocycles. The third-order valence-corrected chi connectivity index (χ3v) is 4.79. The Hall–Kier alpha value is -2.04. The molecular formula is C20H22ClNO3. The largest absolute Gasteiger partial charge is 0.492 e. The molecule has 5 heteroatoms. The molecule has 0 aromatic heterocycles. The summed E-state index contributed by atoms with van der Waals surface area (Å²) in [5.74, 6) is 0.738. The van der Waals surface area contributed by atoms with Crippen LogP contribution in [-0.4, -0.2) is 32.3 Å². The van der Waals surface area contributed by atoms with Gasteiger partial charge in [-0.3, -0.25) is 4.79 Å². The topological polar surface area (TPSA) is 47.6 Å². The summed E-state index contributed by atoms with van der Waals surface area (Å²) in [5.41, 5.74) is 0.529. The molecule has 2 aromatic carbocycles. The maximum absolute atomic E-state index is 12.9. The van der Waals surface area contributed by atoms with Crippen LogP contribution in [0.15, 0.2) is 54.6 Å². The number of carbonyl (C=O) groups is 1. The van der Waals surface area contributed by atoms with Gasteiger partial charge in [-0.2, -0.15) is 0 Å². The Morgan fingerprint density at radius 2 is 1.88 bits per heavy atom. The molecule has 0 atom stereocenters. The lowest BCUT2D eigenvalue weighted by Gasteiger charge is -2.36. The van der Waals surface area contributed by atoms with E-state index in [9.17, 15) is 4.79 Å². The number of rotatable bonds is 6. The average Bonchev–Trinajstić information content (AvgIpc) is 2.66. The highest BCUT2D eigenvalue weighted by molar-refractivity contribution is 6.30. The van der Waals surface area contributed by atoms with Gasteiger partial charge >= 0.3 is 0 Å². The average molecular weight is 360 g/mol. The van der Waals surface area contributed by atoms with Gasteiger partial charge in [0.15, 0.2) is 0 Å². The molecule has 1 fully saturated rings. The fourth-order valence-electron chi connectivity index (χ4n) is 3.18. The second-order valence-corrected chi connectivity index (χ2v) is 6.56. The number of amides is 1. The SMILES string of the molecule is O=C(NCCOc1cccc(Cl)c1)C1(c2ccccc2)CCOCC1. The lowest BCUT2D eigenvalue weighted by molar-refractivity contribution is -0.130. The zero-order valence-electron chi connectivity index (χ0n) is 14.0. The van der Waals surface area contributed by atoms with E-state index in [2.05, 4.69) is 5.32 Å². The monoisotopic (exact) mass is 359 g/mol. The highest BCUT2D eigenvalue weighted by atomic mass is 35.5. The summed E-state index contributed by atoms with van der Waals surface area (Å²) >= 11 is 5.93. The highest BCUT2D eigenvalue weighted by Gasteiger charge is 2.41. The van der Waals surface area contributed by atoms with E-state index in [0.29, 0.717) is 50.0 Å². The maximum atomic E-state index is 12.9. The third-order valence-electron chi connectivity index (χ3n) is 4.56. The first-order chi connectivity index (χ1) is 12.2. The van der Waals surface area contributed by atoms with Gasteiger partial charge in [0.2, 0.25) is 5.91 Å². The maximum Gasteiger partial charge on any atom is 0.230 e. The summed E-state index contributed by atoms with van der Waals surface area (Å²) in [4.78, 5) is 12.9. The van der Waals surface area contributed by atoms with Gasteiger partial charge in [-0.25, -0.2) is 0 Å². The number of halogens is 1. The van der Waals surface area contributed by atoms with Crippen molar-refractivity contribution >= 4 is 17.5 Å². The first-order valence-electron chi connectivity index (χ1n) is 8.51. The molecule has 0 bridgehead atoms. The summed E-state index contributed by atoms with van der Waals surface area (Å²) < 4.78 is 11.1. The number of nitrogens with one attached hydrogen (secondary N) is 1. The summed E-state index contributed by atoms with van der Waals surface area (Å²) in [7, 11) is 0. The van der Waals surface area contributed by atoms with Gasteiger partial charge in [0.05, 0.1) is 12.0 Å². The number of ether oxygens (including phenoxy) is 2.